The maximum atomic E-state index is 11.4. The normalized spacial score (nSPS) is 12.2. The van der Waals surface area contributed by atoms with Crippen LogP contribution in [0.3, 0.4) is 0 Å². The molecule has 0 fully saturated rings. The molecule has 0 aromatic carbocycles. The molecule has 6 heteroatoms. The van der Waals surface area contributed by atoms with Gasteiger partial charge in [-0.25, -0.2) is 0 Å². The first-order chi connectivity index (χ1) is 8.75. The molecule has 108 valence electrons. The van der Waals surface area contributed by atoms with Crippen LogP contribution < -0.4 is 0 Å². The van der Waals surface area contributed by atoms with E-state index in [-0.39, 0.29) is 0 Å². The van der Waals surface area contributed by atoms with E-state index in [2.05, 4.69) is 5.10 Å². The Balaban J connectivity index is 3.09. The van der Waals surface area contributed by atoms with Crippen LogP contribution in [0, 0.1) is 6.92 Å². The van der Waals surface area contributed by atoms with Crippen LogP contribution in [0.2, 0.25) is 5.02 Å². The summed E-state index contributed by atoms with van der Waals surface area (Å²) in [5.74, 6) is -0.843. The fourth-order valence-electron chi connectivity index (χ4n) is 2.04. The number of likely N-dealkylation sites (N-methyl/N-ethyl adjacent to an activating group) is 1. The van der Waals surface area contributed by atoms with Gasteiger partial charge in [0.1, 0.15) is 5.54 Å². The second-order valence-electron chi connectivity index (χ2n) is 5.04. The van der Waals surface area contributed by atoms with Crippen LogP contribution in [0.1, 0.15) is 39.1 Å². The lowest BCUT2D eigenvalue weighted by Gasteiger charge is -2.34. The minimum Gasteiger partial charge on any atom is -0.480 e. The van der Waals surface area contributed by atoms with Crippen LogP contribution in [0.25, 0.3) is 0 Å². The quantitative estimate of drug-likeness (QED) is 0.873. The zero-order valence-electron chi connectivity index (χ0n) is 12.2. The van der Waals surface area contributed by atoms with Gasteiger partial charge in [-0.05, 0) is 34.2 Å². The van der Waals surface area contributed by atoms with Gasteiger partial charge >= 0.3 is 5.97 Å². The van der Waals surface area contributed by atoms with E-state index in [4.69, 9.17) is 11.6 Å². The number of carboxylic acid groups (broad SMARTS) is 1. The van der Waals surface area contributed by atoms with Crippen molar-refractivity contribution in [2.45, 2.75) is 53.2 Å². The first-order valence-corrected chi connectivity index (χ1v) is 6.83. The molecule has 0 aliphatic carbocycles. The Labute approximate surface area is 119 Å². The highest BCUT2D eigenvalue weighted by molar-refractivity contribution is 6.31. The Bertz CT molecular complexity index is 469. The van der Waals surface area contributed by atoms with Gasteiger partial charge in [-0.1, -0.05) is 18.5 Å². The summed E-state index contributed by atoms with van der Waals surface area (Å²) < 4.78 is 1.83. The van der Waals surface area contributed by atoms with Crippen molar-refractivity contribution in [1.82, 2.24) is 14.7 Å². The number of hydrogen-bond donors (Lipinski definition) is 1. The van der Waals surface area contributed by atoms with Gasteiger partial charge in [0.15, 0.2) is 0 Å². The van der Waals surface area contributed by atoms with Crippen LogP contribution in [0.5, 0.6) is 0 Å². The number of carbonyl (C=O) groups is 1. The number of carboxylic acids is 1. The van der Waals surface area contributed by atoms with Crippen LogP contribution >= 0.6 is 11.6 Å². The van der Waals surface area contributed by atoms with Crippen molar-refractivity contribution in [2.24, 2.45) is 0 Å². The average molecular weight is 288 g/mol. The molecular weight excluding hydrogens is 266 g/mol. The Morgan fingerprint density at radius 3 is 2.47 bits per heavy atom. The number of nitrogens with zero attached hydrogens (tertiary/aromatic N) is 3. The van der Waals surface area contributed by atoms with Crippen LogP contribution in [-0.4, -0.2) is 37.8 Å². The summed E-state index contributed by atoms with van der Waals surface area (Å²) in [6.07, 6.45) is 0. The Hall–Kier alpha value is -1.07. The average Bonchev–Trinajstić information content (AvgIpc) is 2.62. The molecule has 1 aromatic heterocycles. The third-order valence-corrected chi connectivity index (χ3v) is 3.98. The highest BCUT2D eigenvalue weighted by atomic mass is 35.5. The summed E-state index contributed by atoms with van der Waals surface area (Å²) in [5, 5.41) is 14.3. The second-order valence-corrected chi connectivity index (χ2v) is 5.42. The molecule has 0 aliphatic heterocycles. The Morgan fingerprint density at radius 2 is 2.05 bits per heavy atom. The minimum absolute atomic E-state index is 0.476. The van der Waals surface area contributed by atoms with Crippen molar-refractivity contribution in [3.05, 3.63) is 16.4 Å². The lowest BCUT2D eigenvalue weighted by Crippen LogP contribution is -2.49. The van der Waals surface area contributed by atoms with Crippen molar-refractivity contribution < 1.29 is 9.90 Å². The van der Waals surface area contributed by atoms with E-state index in [1.54, 1.807) is 13.8 Å². The van der Waals surface area contributed by atoms with E-state index < -0.39 is 11.5 Å². The molecule has 0 saturated carbocycles. The molecule has 0 bridgehead atoms. The third kappa shape index (κ3) is 3.09. The standard InChI is InChI=1S/C13H22ClN3O2/c1-6-16(13(4,5)12(18)19)8-10-11(14)9(3)15-17(10)7-2/h6-8H2,1-5H3,(H,18,19). The van der Waals surface area contributed by atoms with Crippen molar-refractivity contribution in [1.29, 1.82) is 0 Å². The third-order valence-electron chi connectivity index (χ3n) is 3.49. The van der Waals surface area contributed by atoms with E-state index >= 15 is 0 Å². The smallest absolute Gasteiger partial charge is 0.323 e. The zero-order chi connectivity index (χ0) is 14.8. The number of aryl methyl sites for hydroxylation is 2. The molecule has 0 amide bonds. The van der Waals surface area contributed by atoms with E-state index in [1.165, 1.54) is 0 Å². The Kier molecular flexibility index (Phi) is 4.98. The molecule has 0 atom stereocenters. The number of rotatable bonds is 6. The van der Waals surface area contributed by atoms with Gasteiger partial charge in [-0.2, -0.15) is 5.10 Å². The zero-order valence-corrected chi connectivity index (χ0v) is 13.0. The molecule has 0 aliphatic rings. The fourth-order valence-corrected chi connectivity index (χ4v) is 2.24. The molecule has 1 rings (SSSR count). The summed E-state index contributed by atoms with van der Waals surface area (Å²) in [7, 11) is 0. The van der Waals surface area contributed by atoms with Crippen molar-refractivity contribution in [3.8, 4) is 0 Å². The van der Waals surface area contributed by atoms with E-state index in [9.17, 15) is 9.90 Å². The summed E-state index contributed by atoms with van der Waals surface area (Å²) in [6.45, 7) is 11.0. The SMILES string of the molecule is CCN(Cc1c(Cl)c(C)nn1CC)C(C)(C)C(=O)O. The molecule has 0 unspecified atom stereocenters. The molecule has 5 nitrogen and oxygen atoms in total. The van der Waals surface area contributed by atoms with Crippen LogP contribution in [-0.2, 0) is 17.9 Å². The topological polar surface area (TPSA) is 58.4 Å². The van der Waals surface area contributed by atoms with E-state index in [0.717, 1.165) is 11.4 Å². The molecule has 0 saturated heterocycles. The second kappa shape index (κ2) is 5.92. The van der Waals surface area contributed by atoms with Crippen molar-refractivity contribution >= 4 is 17.6 Å². The maximum Gasteiger partial charge on any atom is 0.323 e. The van der Waals surface area contributed by atoms with Gasteiger partial charge < -0.3 is 5.11 Å². The summed E-state index contributed by atoms with van der Waals surface area (Å²) in [6, 6.07) is 0. The molecule has 0 radical (unpaired) electrons. The fraction of sp³-hybridized carbons (Fsp3) is 0.692. The molecule has 1 heterocycles. The largest absolute Gasteiger partial charge is 0.480 e. The summed E-state index contributed by atoms with van der Waals surface area (Å²) in [5.41, 5.74) is 0.718. The van der Waals surface area contributed by atoms with Crippen molar-refractivity contribution in [3.63, 3.8) is 0 Å². The van der Waals surface area contributed by atoms with E-state index in [1.807, 2.05) is 30.4 Å². The maximum absolute atomic E-state index is 11.4. The summed E-state index contributed by atoms with van der Waals surface area (Å²) >= 11 is 6.27. The van der Waals surface area contributed by atoms with Gasteiger partial charge in [0, 0.05) is 13.1 Å². The lowest BCUT2D eigenvalue weighted by molar-refractivity contribution is -0.149. The first-order valence-electron chi connectivity index (χ1n) is 6.45. The Morgan fingerprint density at radius 1 is 1.47 bits per heavy atom. The van der Waals surface area contributed by atoms with E-state index in [0.29, 0.717) is 24.7 Å². The molecule has 1 N–H and O–H groups in total. The predicted octanol–water partition coefficient (Wildman–Crippen LogP) is 2.55. The number of halogens is 1. The first kappa shape index (κ1) is 16.0. The van der Waals surface area contributed by atoms with Gasteiger partial charge in [0.25, 0.3) is 0 Å². The summed E-state index contributed by atoms with van der Waals surface area (Å²) in [4.78, 5) is 13.2. The van der Waals surface area contributed by atoms with Gasteiger partial charge in [0.2, 0.25) is 0 Å². The molecule has 0 spiro atoms. The number of aliphatic carboxylic acids is 1. The highest BCUT2D eigenvalue weighted by Gasteiger charge is 2.34. The van der Waals surface area contributed by atoms with Gasteiger partial charge in [0.05, 0.1) is 16.4 Å². The molecule has 19 heavy (non-hydrogen) atoms. The number of hydrogen-bond acceptors (Lipinski definition) is 3. The molecular formula is C13H22ClN3O2. The number of aromatic nitrogens is 2. The van der Waals surface area contributed by atoms with Gasteiger partial charge in [-0.15, -0.1) is 0 Å². The molecule has 1 aromatic rings. The lowest BCUT2D eigenvalue weighted by atomic mass is 10.0. The van der Waals surface area contributed by atoms with Crippen molar-refractivity contribution in [2.75, 3.05) is 6.54 Å². The van der Waals surface area contributed by atoms with Gasteiger partial charge in [-0.3, -0.25) is 14.4 Å². The minimum atomic E-state index is -0.936. The highest BCUT2D eigenvalue weighted by Crippen LogP contribution is 2.25. The predicted molar refractivity (Wildman–Crippen MR) is 75.4 cm³/mol. The van der Waals surface area contributed by atoms with Crippen LogP contribution in [0.4, 0.5) is 0 Å². The van der Waals surface area contributed by atoms with Crippen LogP contribution in [0.15, 0.2) is 0 Å². The monoisotopic (exact) mass is 287 g/mol.